The normalized spacial score (nSPS) is 12.0. The van der Waals surface area contributed by atoms with Gasteiger partial charge in [0.15, 0.2) is 0 Å². The highest BCUT2D eigenvalue weighted by molar-refractivity contribution is 7.99. The van der Waals surface area contributed by atoms with Crippen LogP contribution in [0.3, 0.4) is 0 Å². The van der Waals surface area contributed by atoms with Gasteiger partial charge in [-0.15, -0.1) is 11.8 Å². The Kier molecular flexibility index (Phi) is 8.90. The Hall–Kier alpha value is -3.57. The van der Waals surface area contributed by atoms with Gasteiger partial charge in [-0.3, -0.25) is 9.59 Å². The van der Waals surface area contributed by atoms with Crippen LogP contribution >= 0.6 is 23.4 Å². The van der Waals surface area contributed by atoms with Crippen LogP contribution in [-0.2, 0) is 20.1 Å². The number of carboxylic acids is 1. The molecule has 0 saturated heterocycles. The molecule has 9 nitrogen and oxygen atoms in total. The molecular formula is C27H26ClN3O6S. The summed E-state index contributed by atoms with van der Waals surface area (Å²) in [6, 6.07) is 15.3. The van der Waals surface area contributed by atoms with Gasteiger partial charge in [0.1, 0.15) is 11.3 Å². The van der Waals surface area contributed by atoms with Crippen molar-refractivity contribution in [1.29, 1.82) is 0 Å². The van der Waals surface area contributed by atoms with E-state index in [4.69, 9.17) is 16.0 Å². The summed E-state index contributed by atoms with van der Waals surface area (Å²) in [6.45, 7) is 0.730. The number of carbonyl (C=O) groups excluding carboxylic acids is 1. The van der Waals surface area contributed by atoms with Gasteiger partial charge in [0, 0.05) is 42.0 Å². The van der Waals surface area contributed by atoms with E-state index < -0.39 is 23.4 Å². The number of aromatic nitrogens is 1. The van der Waals surface area contributed by atoms with Crippen LogP contribution in [0.25, 0.3) is 11.1 Å². The standard InChI is InChI=1S/C27H26ClN3O6S/c1-31-14-22(25(34)30-11-16-6-8-17(28)9-7-16)24(33)21-10-19(37-26(21)31)13-29-12-18(32)15-38-23-5-3-2-4-20(23)27(35)36/h2-10,14,18,29,32H,11-13,15H2,1H3,(H,30,34)(H,35,36). The molecule has 11 heteroatoms. The fourth-order valence-electron chi connectivity index (χ4n) is 3.82. The minimum atomic E-state index is -1.02. The number of carboxylic acid groups (broad SMARTS) is 1. The molecule has 0 bridgehead atoms. The Bertz CT molecular complexity index is 1520. The quantitative estimate of drug-likeness (QED) is 0.206. The summed E-state index contributed by atoms with van der Waals surface area (Å²) in [5, 5.41) is 26.3. The third-order valence-corrected chi connectivity index (χ3v) is 7.21. The molecule has 0 radical (unpaired) electrons. The number of aliphatic hydroxyl groups excluding tert-OH is 1. The molecule has 1 amide bonds. The average Bonchev–Trinajstić information content (AvgIpc) is 3.34. The van der Waals surface area contributed by atoms with Crippen LogP contribution in [0.15, 0.2) is 74.9 Å². The maximum Gasteiger partial charge on any atom is 0.336 e. The van der Waals surface area contributed by atoms with Gasteiger partial charge in [-0.05, 0) is 35.9 Å². The molecular weight excluding hydrogens is 530 g/mol. The van der Waals surface area contributed by atoms with Crippen molar-refractivity contribution in [2.45, 2.75) is 24.1 Å². The first-order valence-corrected chi connectivity index (χ1v) is 13.1. The van der Waals surface area contributed by atoms with Gasteiger partial charge in [0.05, 0.1) is 23.6 Å². The number of fused-ring (bicyclic) bond motifs is 1. The van der Waals surface area contributed by atoms with Crippen LogP contribution in [0.5, 0.6) is 0 Å². The summed E-state index contributed by atoms with van der Waals surface area (Å²) in [5.41, 5.74) is 0.948. The van der Waals surface area contributed by atoms with E-state index in [2.05, 4.69) is 10.6 Å². The predicted molar refractivity (Wildman–Crippen MR) is 146 cm³/mol. The Labute approximate surface area is 227 Å². The number of pyridine rings is 1. The molecule has 0 spiro atoms. The van der Waals surface area contributed by atoms with Gasteiger partial charge in [-0.25, -0.2) is 4.79 Å². The fourth-order valence-corrected chi connectivity index (χ4v) is 4.92. The van der Waals surface area contributed by atoms with E-state index in [0.29, 0.717) is 27.1 Å². The molecule has 38 heavy (non-hydrogen) atoms. The van der Waals surface area contributed by atoms with Gasteiger partial charge >= 0.3 is 5.97 Å². The van der Waals surface area contributed by atoms with Gasteiger partial charge in [0.2, 0.25) is 11.1 Å². The third kappa shape index (κ3) is 6.65. The van der Waals surface area contributed by atoms with Gasteiger partial charge in [-0.2, -0.15) is 0 Å². The Morgan fingerprint density at radius 3 is 2.58 bits per heavy atom. The molecule has 2 aromatic carbocycles. The number of furan rings is 1. The van der Waals surface area contributed by atoms with Crippen LogP contribution in [0, 0.1) is 0 Å². The second kappa shape index (κ2) is 12.3. The van der Waals surface area contributed by atoms with E-state index in [-0.39, 0.29) is 36.1 Å². The lowest BCUT2D eigenvalue weighted by atomic mass is 10.2. The highest BCUT2D eigenvalue weighted by Gasteiger charge is 2.18. The number of carbonyl (C=O) groups is 2. The molecule has 0 aliphatic carbocycles. The number of thioether (sulfide) groups is 1. The van der Waals surface area contributed by atoms with Crippen LogP contribution in [0.4, 0.5) is 0 Å². The second-order valence-corrected chi connectivity index (χ2v) is 10.1. The smallest absolute Gasteiger partial charge is 0.336 e. The highest BCUT2D eigenvalue weighted by Crippen LogP contribution is 2.23. The Morgan fingerprint density at radius 1 is 1.11 bits per heavy atom. The van der Waals surface area contributed by atoms with Crippen LogP contribution in [0.1, 0.15) is 32.0 Å². The van der Waals surface area contributed by atoms with Crippen LogP contribution in [0.2, 0.25) is 5.02 Å². The molecule has 0 saturated carbocycles. The lowest BCUT2D eigenvalue weighted by Gasteiger charge is -2.12. The summed E-state index contributed by atoms with van der Waals surface area (Å²) in [7, 11) is 1.69. The number of benzene rings is 2. The van der Waals surface area contributed by atoms with Crippen molar-refractivity contribution in [2.75, 3.05) is 12.3 Å². The zero-order chi connectivity index (χ0) is 27.2. The Balaban J connectivity index is 1.35. The summed E-state index contributed by atoms with van der Waals surface area (Å²) < 4.78 is 7.40. The van der Waals surface area contributed by atoms with Crippen molar-refractivity contribution in [2.24, 2.45) is 7.05 Å². The van der Waals surface area contributed by atoms with Crippen LogP contribution in [-0.4, -0.2) is 45.1 Å². The molecule has 4 aromatic rings. The first kappa shape index (κ1) is 27.5. The number of nitrogens with one attached hydrogen (secondary N) is 2. The summed E-state index contributed by atoms with van der Waals surface area (Å²) >= 11 is 7.15. The van der Waals surface area contributed by atoms with E-state index in [1.54, 1.807) is 60.1 Å². The molecule has 1 unspecified atom stereocenters. The third-order valence-electron chi connectivity index (χ3n) is 5.73. The number of hydrogen-bond donors (Lipinski definition) is 4. The van der Waals surface area contributed by atoms with Crippen molar-refractivity contribution in [3.05, 3.63) is 98.5 Å². The number of rotatable bonds is 11. The predicted octanol–water partition coefficient (Wildman–Crippen LogP) is 3.66. The number of nitrogens with zero attached hydrogens (tertiary/aromatic N) is 1. The maximum absolute atomic E-state index is 13.0. The molecule has 0 aliphatic heterocycles. The molecule has 0 fully saturated rings. The SMILES string of the molecule is Cn1cc(C(=O)NCc2ccc(Cl)cc2)c(=O)c2cc(CNCC(O)CSc3ccccc3C(=O)O)oc21. The molecule has 0 aliphatic rings. The largest absolute Gasteiger partial charge is 0.478 e. The van der Waals surface area contributed by atoms with Crippen molar-refractivity contribution >= 4 is 46.3 Å². The molecule has 4 rings (SSSR count). The number of aryl methyl sites for hydroxylation is 1. The Morgan fingerprint density at radius 2 is 1.84 bits per heavy atom. The monoisotopic (exact) mass is 555 g/mol. The fraction of sp³-hybridized carbons (Fsp3) is 0.222. The number of hydrogen-bond acceptors (Lipinski definition) is 7. The average molecular weight is 556 g/mol. The lowest BCUT2D eigenvalue weighted by Crippen LogP contribution is -2.29. The summed E-state index contributed by atoms with van der Waals surface area (Å²) in [5.74, 6) is -0.736. The summed E-state index contributed by atoms with van der Waals surface area (Å²) in [4.78, 5) is 37.6. The van der Waals surface area contributed by atoms with Gasteiger partial charge in [0.25, 0.3) is 5.91 Å². The highest BCUT2D eigenvalue weighted by atomic mass is 35.5. The molecule has 1 atom stereocenters. The summed E-state index contributed by atoms with van der Waals surface area (Å²) in [6.07, 6.45) is 0.701. The van der Waals surface area contributed by atoms with Crippen molar-refractivity contribution in [1.82, 2.24) is 15.2 Å². The van der Waals surface area contributed by atoms with Gasteiger partial charge < -0.3 is 29.8 Å². The van der Waals surface area contributed by atoms with Crippen molar-refractivity contribution in [3.8, 4) is 0 Å². The molecule has 2 aromatic heterocycles. The molecule has 198 valence electrons. The number of halogens is 1. The zero-order valence-electron chi connectivity index (χ0n) is 20.4. The van der Waals surface area contributed by atoms with E-state index in [0.717, 1.165) is 5.56 Å². The van der Waals surface area contributed by atoms with Crippen molar-refractivity contribution in [3.63, 3.8) is 0 Å². The molecule has 4 N–H and O–H groups in total. The van der Waals surface area contributed by atoms with Crippen molar-refractivity contribution < 1.29 is 24.2 Å². The topological polar surface area (TPSA) is 134 Å². The van der Waals surface area contributed by atoms with Gasteiger partial charge in [-0.1, -0.05) is 35.9 Å². The second-order valence-electron chi connectivity index (χ2n) is 8.62. The first-order chi connectivity index (χ1) is 18.2. The lowest BCUT2D eigenvalue weighted by molar-refractivity contribution is 0.0692. The first-order valence-electron chi connectivity index (χ1n) is 11.7. The maximum atomic E-state index is 13.0. The number of amides is 1. The van der Waals surface area contributed by atoms with E-state index in [1.165, 1.54) is 24.0 Å². The van der Waals surface area contributed by atoms with E-state index in [9.17, 15) is 24.6 Å². The number of aromatic carboxylic acids is 1. The van der Waals surface area contributed by atoms with E-state index >= 15 is 0 Å². The zero-order valence-corrected chi connectivity index (χ0v) is 22.0. The van der Waals surface area contributed by atoms with Crippen LogP contribution < -0.4 is 16.1 Å². The minimum absolute atomic E-state index is 0.00311. The molecule has 2 heterocycles. The minimum Gasteiger partial charge on any atom is -0.478 e. The number of aliphatic hydroxyl groups is 1. The van der Waals surface area contributed by atoms with E-state index in [1.807, 2.05) is 0 Å².